The standard InChI is InChI=1S/C7H10N2O2S/c1-11-6(10)2-4-9-5-3-8-7(9)12/h3,5H,2,4H2,1H3,(H,8,12). The van der Waals surface area contributed by atoms with Gasteiger partial charge in [0.05, 0.1) is 13.5 Å². The fourth-order valence-electron chi connectivity index (χ4n) is 0.839. The van der Waals surface area contributed by atoms with E-state index in [4.69, 9.17) is 12.2 Å². The lowest BCUT2D eigenvalue weighted by Crippen LogP contribution is -2.06. The molecule has 0 saturated carbocycles. The summed E-state index contributed by atoms with van der Waals surface area (Å²) in [6, 6.07) is 0. The number of methoxy groups -OCH3 is 1. The summed E-state index contributed by atoms with van der Waals surface area (Å²) in [4.78, 5) is 13.6. The molecule has 0 aliphatic rings. The van der Waals surface area contributed by atoms with Crippen LogP contribution in [0.4, 0.5) is 0 Å². The summed E-state index contributed by atoms with van der Waals surface area (Å²) in [6.07, 6.45) is 3.88. The quantitative estimate of drug-likeness (QED) is 0.568. The molecule has 0 saturated heterocycles. The molecule has 12 heavy (non-hydrogen) atoms. The second-order valence-corrected chi connectivity index (χ2v) is 2.67. The molecule has 0 bridgehead atoms. The van der Waals surface area contributed by atoms with E-state index in [0.717, 1.165) is 0 Å². The highest BCUT2D eigenvalue weighted by atomic mass is 32.1. The van der Waals surface area contributed by atoms with E-state index in [9.17, 15) is 4.79 Å². The van der Waals surface area contributed by atoms with E-state index in [2.05, 4.69) is 9.72 Å². The summed E-state index contributed by atoms with van der Waals surface area (Å²) in [5, 5.41) is 0. The van der Waals surface area contributed by atoms with Crippen molar-refractivity contribution in [3.05, 3.63) is 17.2 Å². The molecule has 0 fully saturated rings. The maximum atomic E-state index is 10.7. The van der Waals surface area contributed by atoms with Gasteiger partial charge in [-0.15, -0.1) is 0 Å². The number of aromatic nitrogens is 2. The molecule has 1 aromatic rings. The SMILES string of the molecule is COC(=O)CCn1cc[nH]c1=S. The maximum Gasteiger partial charge on any atom is 0.307 e. The Labute approximate surface area is 75.2 Å². The molecule has 1 heterocycles. The van der Waals surface area contributed by atoms with Crippen LogP contribution in [-0.4, -0.2) is 22.6 Å². The van der Waals surface area contributed by atoms with Crippen molar-refractivity contribution in [2.45, 2.75) is 13.0 Å². The number of rotatable bonds is 3. The summed E-state index contributed by atoms with van der Waals surface area (Å²) in [5.41, 5.74) is 0. The van der Waals surface area contributed by atoms with Gasteiger partial charge in [0.1, 0.15) is 0 Å². The molecule has 4 nitrogen and oxygen atoms in total. The van der Waals surface area contributed by atoms with Crippen molar-refractivity contribution >= 4 is 18.2 Å². The zero-order valence-electron chi connectivity index (χ0n) is 6.74. The highest BCUT2D eigenvalue weighted by Gasteiger charge is 2.00. The first-order valence-corrected chi connectivity index (χ1v) is 3.95. The normalized spacial score (nSPS) is 9.75. The van der Waals surface area contributed by atoms with Gasteiger partial charge in [0, 0.05) is 18.9 Å². The Hall–Kier alpha value is -1.10. The lowest BCUT2D eigenvalue weighted by molar-refractivity contribution is -0.140. The Balaban J connectivity index is 2.49. The Bertz CT molecular complexity index is 315. The Kier molecular flexibility index (Phi) is 3.04. The smallest absolute Gasteiger partial charge is 0.307 e. The molecular formula is C7H10N2O2S. The summed E-state index contributed by atoms with van der Waals surface area (Å²) in [5.74, 6) is -0.224. The van der Waals surface area contributed by atoms with E-state index in [-0.39, 0.29) is 5.97 Å². The molecule has 0 radical (unpaired) electrons. The first-order valence-electron chi connectivity index (χ1n) is 3.54. The minimum absolute atomic E-state index is 0.224. The van der Waals surface area contributed by atoms with Crippen LogP contribution in [0, 0.1) is 4.77 Å². The van der Waals surface area contributed by atoms with Crippen molar-refractivity contribution in [3.63, 3.8) is 0 Å². The van der Waals surface area contributed by atoms with E-state index >= 15 is 0 Å². The van der Waals surface area contributed by atoms with Gasteiger partial charge in [0.15, 0.2) is 4.77 Å². The predicted octanol–water partition coefficient (Wildman–Crippen LogP) is 1.11. The van der Waals surface area contributed by atoms with Crippen LogP contribution in [0.2, 0.25) is 0 Å². The number of esters is 1. The summed E-state index contributed by atoms with van der Waals surface area (Å²) < 4.78 is 6.90. The third kappa shape index (κ3) is 2.20. The van der Waals surface area contributed by atoms with E-state index < -0.39 is 0 Å². The lowest BCUT2D eigenvalue weighted by Gasteiger charge is -1.99. The number of imidazole rings is 1. The number of aryl methyl sites for hydroxylation is 1. The topological polar surface area (TPSA) is 47.0 Å². The lowest BCUT2D eigenvalue weighted by atomic mass is 10.4. The van der Waals surface area contributed by atoms with Crippen molar-refractivity contribution < 1.29 is 9.53 Å². The molecule has 5 heteroatoms. The Morgan fingerprint density at radius 2 is 2.58 bits per heavy atom. The van der Waals surface area contributed by atoms with E-state index in [1.165, 1.54) is 7.11 Å². The van der Waals surface area contributed by atoms with Crippen LogP contribution in [0.3, 0.4) is 0 Å². The molecule has 0 aliphatic heterocycles. The molecule has 0 aliphatic carbocycles. The van der Waals surface area contributed by atoms with Crippen molar-refractivity contribution in [1.82, 2.24) is 9.55 Å². The Morgan fingerprint density at radius 1 is 1.83 bits per heavy atom. The number of carbonyl (C=O) groups excluding carboxylic acids is 1. The molecular weight excluding hydrogens is 176 g/mol. The fraction of sp³-hybridized carbons (Fsp3) is 0.429. The highest BCUT2D eigenvalue weighted by Crippen LogP contribution is 1.94. The van der Waals surface area contributed by atoms with Crippen LogP contribution in [0.5, 0.6) is 0 Å². The largest absolute Gasteiger partial charge is 0.469 e. The second kappa shape index (κ2) is 4.06. The highest BCUT2D eigenvalue weighted by molar-refractivity contribution is 7.71. The monoisotopic (exact) mass is 186 g/mol. The molecule has 1 aromatic heterocycles. The molecule has 0 amide bonds. The van der Waals surface area contributed by atoms with E-state index in [1.807, 2.05) is 0 Å². The van der Waals surface area contributed by atoms with Crippen molar-refractivity contribution in [1.29, 1.82) is 0 Å². The molecule has 0 unspecified atom stereocenters. The van der Waals surface area contributed by atoms with Gasteiger partial charge in [0.2, 0.25) is 0 Å². The third-order valence-corrected chi connectivity index (χ3v) is 1.86. The Morgan fingerprint density at radius 3 is 3.08 bits per heavy atom. The average molecular weight is 186 g/mol. The number of H-pyrrole nitrogens is 1. The van der Waals surface area contributed by atoms with Crippen LogP contribution in [0.15, 0.2) is 12.4 Å². The average Bonchev–Trinajstić information content (AvgIpc) is 2.47. The minimum Gasteiger partial charge on any atom is -0.469 e. The van der Waals surface area contributed by atoms with Gasteiger partial charge in [0.25, 0.3) is 0 Å². The van der Waals surface area contributed by atoms with E-state index in [1.54, 1.807) is 17.0 Å². The predicted molar refractivity (Wildman–Crippen MR) is 46.2 cm³/mol. The zero-order chi connectivity index (χ0) is 8.97. The molecule has 66 valence electrons. The van der Waals surface area contributed by atoms with Crippen LogP contribution in [-0.2, 0) is 16.1 Å². The van der Waals surface area contributed by atoms with Gasteiger partial charge in [-0.2, -0.15) is 0 Å². The van der Waals surface area contributed by atoms with Gasteiger partial charge in [-0.1, -0.05) is 0 Å². The summed E-state index contributed by atoms with van der Waals surface area (Å²) in [7, 11) is 1.37. The molecule has 0 atom stereocenters. The second-order valence-electron chi connectivity index (χ2n) is 2.28. The molecule has 0 spiro atoms. The fourth-order valence-corrected chi connectivity index (χ4v) is 1.06. The number of ether oxygens (including phenoxy) is 1. The van der Waals surface area contributed by atoms with Crippen molar-refractivity contribution in [2.75, 3.05) is 7.11 Å². The van der Waals surface area contributed by atoms with Crippen LogP contribution in [0.1, 0.15) is 6.42 Å². The van der Waals surface area contributed by atoms with Crippen LogP contribution >= 0.6 is 12.2 Å². The van der Waals surface area contributed by atoms with Gasteiger partial charge in [-0.3, -0.25) is 4.79 Å². The van der Waals surface area contributed by atoms with E-state index in [0.29, 0.717) is 17.7 Å². The van der Waals surface area contributed by atoms with Gasteiger partial charge in [-0.05, 0) is 12.2 Å². The van der Waals surface area contributed by atoms with Gasteiger partial charge in [-0.25, -0.2) is 0 Å². The number of nitrogens with zero attached hydrogens (tertiary/aromatic N) is 1. The molecule has 1 rings (SSSR count). The maximum absolute atomic E-state index is 10.7. The number of hydrogen-bond acceptors (Lipinski definition) is 3. The number of aromatic amines is 1. The molecule has 1 N–H and O–H groups in total. The van der Waals surface area contributed by atoms with Crippen LogP contribution in [0.25, 0.3) is 0 Å². The first-order chi connectivity index (χ1) is 5.74. The third-order valence-electron chi connectivity index (χ3n) is 1.51. The first kappa shape index (κ1) is 8.99. The zero-order valence-corrected chi connectivity index (χ0v) is 7.56. The molecule has 0 aromatic carbocycles. The number of carbonyl (C=O) groups is 1. The van der Waals surface area contributed by atoms with Crippen molar-refractivity contribution in [2.24, 2.45) is 0 Å². The summed E-state index contributed by atoms with van der Waals surface area (Å²) >= 11 is 4.93. The van der Waals surface area contributed by atoms with Gasteiger partial charge >= 0.3 is 5.97 Å². The number of nitrogens with one attached hydrogen (secondary N) is 1. The summed E-state index contributed by atoms with van der Waals surface area (Å²) in [6.45, 7) is 0.564. The minimum atomic E-state index is -0.224. The van der Waals surface area contributed by atoms with Crippen LogP contribution < -0.4 is 0 Å². The van der Waals surface area contributed by atoms with Gasteiger partial charge < -0.3 is 14.3 Å². The van der Waals surface area contributed by atoms with Crippen molar-refractivity contribution in [3.8, 4) is 0 Å². The number of hydrogen-bond donors (Lipinski definition) is 1.